The van der Waals surface area contributed by atoms with E-state index >= 15 is 0 Å². The van der Waals surface area contributed by atoms with Gasteiger partial charge >= 0.3 is 6.09 Å². The van der Waals surface area contributed by atoms with Crippen molar-refractivity contribution >= 4 is 17.7 Å². The first-order valence-electron chi connectivity index (χ1n) is 5.92. The van der Waals surface area contributed by atoms with E-state index < -0.39 is 17.6 Å². The van der Waals surface area contributed by atoms with E-state index in [0.29, 0.717) is 5.69 Å². The second-order valence-electron chi connectivity index (χ2n) is 5.08. The maximum atomic E-state index is 12.1. The van der Waals surface area contributed by atoms with Crippen LogP contribution in [0.1, 0.15) is 26.3 Å². The van der Waals surface area contributed by atoms with Crippen LogP contribution in [0, 0.1) is 6.92 Å². The zero-order valence-corrected chi connectivity index (χ0v) is 11.5. The van der Waals surface area contributed by atoms with E-state index in [2.05, 4.69) is 6.92 Å². The molecule has 0 fully saturated rings. The van der Waals surface area contributed by atoms with Crippen molar-refractivity contribution in [2.24, 2.45) is 5.73 Å². The van der Waals surface area contributed by atoms with E-state index in [1.165, 1.54) is 0 Å². The van der Waals surface area contributed by atoms with Crippen LogP contribution in [-0.4, -0.2) is 24.1 Å². The van der Waals surface area contributed by atoms with Crippen molar-refractivity contribution in [1.29, 1.82) is 0 Å². The Morgan fingerprint density at radius 2 is 1.79 bits per heavy atom. The Hall–Kier alpha value is -1.88. The van der Waals surface area contributed by atoms with Crippen molar-refractivity contribution in [2.45, 2.75) is 26.4 Å². The molecule has 1 aromatic carbocycles. The van der Waals surface area contributed by atoms with Crippen LogP contribution in [0.2, 0.25) is 0 Å². The molecule has 0 saturated carbocycles. The lowest BCUT2D eigenvalue weighted by Gasteiger charge is -2.26. The molecule has 103 valence electrons. The topological polar surface area (TPSA) is 72.6 Å². The first-order valence-corrected chi connectivity index (χ1v) is 5.92. The van der Waals surface area contributed by atoms with Crippen molar-refractivity contribution < 1.29 is 14.3 Å². The molecule has 0 saturated heterocycles. The van der Waals surface area contributed by atoms with E-state index in [9.17, 15) is 9.59 Å². The molecule has 0 heterocycles. The fraction of sp³-hybridized carbons (Fsp3) is 0.357. The Kier molecular flexibility index (Phi) is 4.67. The number of benzene rings is 1. The third-order valence-corrected chi connectivity index (χ3v) is 2.19. The summed E-state index contributed by atoms with van der Waals surface area (Å²) in [6.45, 7) is 8.67. The number of nitrogens with zero attached hydrogens (tertiary/aromatic N) is 1. The van der Waals surface area contributed by atoms with Crippen LogP contribution < -0.4 is 10.6 Å². The summed E-state index contributed by atoms with van der Waals surface area (Å²) in [5.74, 6) is -0.522. The van der Waals surface area contributed by atoms with E-state index in [-0.39, 0.29) is 6.54 Å². The molecule has 19 heavy (non-hydrogen) atoms. The van der Waals surface area contributed by atoms with Gasteiger partial charge in [-0.1, -0.05) is 12.1 Å². The summed E-state index contributed by atoms with van der Waals surface area (Å²) in [6.07, 6.45) is -0.736. The molecule has 0 aliphatic heterocycles. The van der Waals surface area contributed by atoms with E-state index in [4.69, 9.17) is 10.5 Å². The lowest BCUT2D eigenvalue weighted by molar-refractivity contribution is -0.117. The maximum absolute atomic E-state index is 12.1. The van der Waals surface area contributed by atoms with Crippen LogP contribution in [0.15, 0.2) is 24.3 Å². The molecule has 0 aliphatic rings. The predicted octanol–water partition coefficient (Wildman–Crippen LogP) is 2.10. The molecule has 5 nitrogen and oxygen atoms in total. The summed E-state index contributed by atoms with van der Waals surface area (Å²) < 4.78 is 5.20. The smallest absolute Gasteiger partial charge is 0.421 e. The third-order valence-electron chi connectivity index (χ3n) is 2.19. The summed E-state index contributed by atoms with van der Waals surface area (Å²) in [7, 11) is 0. The number of anilines is 1. The minimum atomic E-state index is -0.736. The van der Waals surface area contributed by atoms with Gasteiger partial charge < -0.3 is 10.5 Å². The number of rotatable bonds is 2. The van der Waals surface area contributed by atoms with E-state index in [1.807, 2.05) is 0 Å². The highest BCUT2D eigenvalue weighted by atomic mass is 16.6. The van der Waals surface area contributed by atoms with Gasteiger partial charge in [0.15, 0.2) is 0 Å². The lowest BCUT2D eigenvalue weighted by Crippen LogP contribution is -2.43. The molecule has 1 aromatic rings. The van der Waals surface area contributed by atoms with Crippen molar-refractivity contribution in [2.75, 3.05) is 11.4 Å². The van der Waals surface area contributed by atoms with Gasteiger partial charge in [-0.15, -0.1) is 0 Å². The fourth-order valence-electron chi connectivity index (χ4n) is 1.40. The third kappa shape index (κ3) is 4.37. The number of ether oxygens (including phenoxy) is 1. The zero-order valence-electron chi connectivity index (χ0n) is 11.5. The number of carbonyl (C=O) groups excluding carboxylic acids is 2. The Morgan fingerprint density at radius 1 is 1.26 bits per heavy atom. The number of imide groups is 1. The Labute approximate surface area is 113 Å². The number of nitrogens with two attached hydrogens (primary N) is 1. The molecule has 1 rings (SSSR count). The largest absolute Gasteiger partial charge is 0.443 e. The van der Waals surface area contributed by atoms with Crippen LogP contribution in [0.4, 0.5) is 10.5 Å². The molecule has 2 N–H and O–H groups in total. The van der Waals surface area contributed by atoms with Gasteiger partial charge in [0.2, 0.25) is 5.91 Å². The van der Waals surface area contributed by atoms with Gasteiger partial charge in [-0.05, 0) is 45.4 Å². The fourth-order valence-corrected chi connectivity index (χ4v) is 1.40. The highest BCUT2D eigenvalue weighted by Crippen LogP contribution is 2.19. The predicted molar refractivity (Wildman–Crippen MR) is 73.7 cm³/mol. The molecule has 1 radical (unpaired) electrons. The number of hydrogen-bond donors (Lipinski definition) is 1. The molecule has 0 spiro atoms. The van der Waals surface area contributed by atoms with Gasteiger partial charge in [0.1, 0.15) is 5.60 Å². The highest BCUT2D eigenvalue weighted by molar-refractivity contribution is 6.13. The van der Waals surface area contributed by atoms with Crippen LogP contribution >= 0.6 is 0 Å². The van der Waals surface area contributed by atoms with Gasteiger partial charge in [0.05, 0.1) is 12.2 Å². The summed E-state index contributed by atoms with van der Waals surface area (Å²) in [5.41, 5.74) is 5.85. The van der Waals surface area contributed by atoms with E-state index in [0.717, 1.165) is 10.5 Å². The Bertz CT molecular complexity index is 461. The monoisotopic (exact) mass is 263 g/mol. The minimum Gasteiger partial charge on any atom is -0.443 e. The van der Waals surface area contributed by atoms with Gasteiger partial charge in [0.25, 0.3) is 0 Å². The zero-order chi connectivity index (χ0) is 14.6. The second kappa shape index (κ2) is 5.84. The SMILES string of the molecule is [CH2]c1ccc(N(C(=O)CN)C(=O)OC(C)(C)C)cc1. The molecular weight excluding hydrogens is 244 g/mol. The van der Waals surface area contributed by atoms with Gasteiger partial charge in [-0.3, -0.25) is 4.79 Å². The molecular formula is C14H19N2O3. The Balaban J connectivity index is 3.05. The molecule has 0 bridgehead atoms. The highest BCUT2D eigenvalue weighted by Gasteiger charge is 2.27. The average molecular weight is 263 g/mol. The van der Waals surface area contributed by atoms with E-state index in [1.54, 1.807) is 45.0 Å². The van der Waals surface area contributed by atoms with Crippen LogP contribution in [0.3, 0.4) is 0 Å². The minimum absolute atomic E-state index is 0.272. The molecule has 0 aromatic heterocycles. The van der Waals surface area contributed by atoms with Crippen LogP contribution in [0.5, 0.6) is 0 Å². The normalized spacial score (nSPS) is 11.0. The molecule has 0 atom stereocenters. The standard InChI is InChI=1S/C14H19N2O3/c1-10-5-7-11(8-6-10)16(12(17)9-15)13(18)19-14(2,3)4/h5-8H,1,9,15H2,2-4H3. The summed E-state index contributed by atoms with van der Waals surface area (Å²) in [4.78, 5) is 24.8. The van der Waals surface area contributed by atoms with Gasteiger partial charge in [-0.2, -0.15) is 0 Å². The van der Waals surface area contributed by atoms with Crippen molar-refractivity contribution in [3.05, 3.63) is 36.8 Å². The second-order valence-corrected chi connectivity index (χ2v) is 5.08. The number of carbonyl (C=O) groups is 2. The quantitative estimate of drug-likeness (QED) is 0.886. The van der Waals surface area contributed by atoms with Crippen molar-refractivity contribution in [3.8, 4) is 0 Å². The van der Waals surface area contributed by atoms with Crippen LogP contribution in [0.25, 0.3) is 0 Å². The average Bonchev–Trinajstić information content (AvgIpc) is 2.29. The number of amides is 2. The Morgan fingerprint density at radius 3 is 2.21 bits per heavy atom. The summed E-state index contributed by atoms with van der Waals surface area (Å²) in [6, 6.07) is 6.66. The van der Waals surface area contributed by atoms with Crippen LogP contribution in [-0.2, 0) is 9.53 Å². The molecule has 0 unspecified atom stereocenters. The molecule has 5 heteroatoms. The van der Waals surface area contributed by atoms with Crippen molar-refractivity contribution in [3.63, 3.8) is 0 Å². The summed E-state index contributed by atoms with van der Waals surface area (Å²) >= 11 is 0. The first-order chi connectivity index (χ1) is 8.74. The maximum Gasteiger partial charge on any atom is 0.421 e. The number of hydrogen-bond acceptors (Lipinski definition) is 4. The molecule has 2 amide bonds. The lowest BCUT2D eigenvalue weighted by atomic mass is 10.2. The first kappa shape index (κ1) is 15.2. The van der Waals surface area contributed by atoms with Gasteiger partial charge in [-0.25, -0.2) is 9.69 Å². The molecule has 0 aliphatic carbocycles. The van der Waals surface area contributed by atoms with Crippen molar-refractivity contribution in [1.82, 2.24) is 0 Å². The summed E-state index contributed by atoms with van der Waals surface area (Å²) in [5, 5.41) is 0. The van der Waals surface area contributed by atoms with Gasteiger partial charge in [0, 0.05) is 0 Å².